The number of likely N-dealkylation sites (tertiary alicyclic amines) is 1. The average molecular weight is 194 g/mol. The highest BCUT2D eigenvalue weighted by atomic mass is 15.2. The number of nitrogens with one attached hydrogen (secondary N) is 2. The fourth-order valence-electron chi connectivity index (χ4n) is 2.10. The monoisotopic (exact) mass is 194 g/mol. The summed E-state index contributed by atoms with van der Waals surface area (Å²) in [5.41, 5.74) is 0. The van der Waals surface area contributed by atoms with Crippen molar-refractivity contribution in [1.82, 2.24) is 20.2 Å². The van der Waals surface area contributed by atoms with Gasteiger partial charge in [0.25, 0.3) is 0 Å². The lowest BCUT2D eigenvalue weighted by Gasteiger charge is -2.15. The number of nitrogens with zero attached hydrogens (tertiary/aromatic N) is 2. The molecular formula is C10H18N4. The second-order valence-electron chi connectivity index (χ2n) is 4.22. The van der Waals surface area contributed by atoms with Gasteiger partial charge in [-0.15, -0.1) is 0 Å². The summed E-state index contributed by atoms with van der Waals surface area (Å²) in [5, 5.41) is 3.53. The Labute approximate surface area is 84.7 Å². The Bertz CT molecular complexity index is 270. The predicted octanol–water partition coefficient (Wildman–Crippen LogP) is 0.449. The number of hydrogen-bond donors (Lipinski definition) is 2. The van der Waals surface area contributed by atoms with E-state index in [1.54, 1.807) is 6.20 Å². The van der Waals surface area contributed by atoms with Crippen LogP contribution in [0.2, 0.25) is 0 Å². The lowest BCUT2D eigenvalue weighted by Crippen LogP contribution is -2.34. The zero-order valence-electron chi connectivity index (χ0n) is 8.83. The summed E-state index contributed by atoms with van der Waals surface area (Å²) in [5.74, 6) is 1.75. The third kappa shape index (κ3) is 2.13. The van der Waals surface area contributed by atoms with Gasteiger partial charge < -0.3 is 15.2 Å². The summed E-state index contributed by atoms with van der Waals surface area (Å²) >= 11 is 0. The molecule has 4 heteroatoms. The van der Waals surface area contributed by atoms with Gasteiger partial charge in [-0.05, 0) is 13.0 Å². The van der Waals surface area contributed by atoms with Crippen LogP contribution in [0.5, 0.6) is 0 Å². The molecule has 2 N–H and O–H groups in total. The molecule has 2 unspecified atom stereocenters. The van der Waals surface area contributed by atoms with E-state index in [2.05, 4.69) is 34.2 Å². The van der Waals surface area contributed by atoms with Crippen molar-refractivity contribution in [2.75, 3.05) is 20.1 Å². The first kappa shape index (κ1) is 9.68. The molecular weight excluding hydrogens is 176 g/mol. The molecule has 0 bridgehead atoms. The molecule has 14 heavy (non-hydrogen) atoms. The van der Waals surface area contributed by atoms with Crippen molar-refractivity contribution in [2.24, 2.45) is 5.92 Å². The molecule has 1 aliphatic rings. The van der Waals surface area contributed by atoms with Crippen molar-refractivity contribution in [3.63, 3.8) is 0 Å². The van der Waals surface area contributed by atoms with Gasteiger partial charge in [0.1, 0.15) is 5.82 Å². The van der Waals surface area contributed by atoms with Crippen LogP contribution in [0, 0.1) is 5.92 Å². The molecule has 1 fully saturated rings. The van der Waals surface area contributed by atoms with E-state index in [0.29, 0.717) is 6.04 Å². The van der Waals surface area contributed by atoms with Gasteiger partial charge in [0.15, 0.2) is 0 Å². The first-order valence-corrected chi connectivity index (χ1v) is 5.16. The molecule has 0 aromatic carbocycles. The minimum atomic E-state index is 0.602. The molecule has 0 radical (unpaired) electrons. The second kappa shape index (κ2) is 4.11. The highest BCUT2D eigenvalue weighted by Crippen LogP contribution is 2.14. The summed E-state index contributed by atoms with van der Waals surface area (Å²) in [4.78, 5) is 9.66. The van der Waals surface area contributed by atoms with Crippen LogP contribution < -0.4 is 5.32 Å². The fraction of sp³-hybridized carbons (Fsp3) is 0.700. The zero-order chi connectivity index (χ0) is 9.97. The van der Waals surface area contributed by atoms with Gasteiger partial charge >= 0.3 is 0 Å². The Morgan fingerprint density at radius 1 is 1.64 bits per heavy atom. The van der Waals surface area contributed by atoms with Crippen LogP contribution >= 0.6 is 0 Å². The first-order chi connectivity index (χ1) is 6.75. The van der Waals surface area contributed by atoms with Crippen LogP contribution in [-0.4, -0.2) is 41.0 Å². The summed E-state index contributed by atoms with van der Waals surface area (Å²) in [6.45, 7) is 5.47. The smallest absolute Gasteiger partial charge is 0.120 e. The quantitative estimate of drug-likeness (QED) is 0.734. The van der Waals surface area contributed by atoms with Gasteiger partial charge in [-0.25, -0.2) is 4.98 Å². The van der Waals surface area contributed by atoms with E-state index in [4.69, 9.17) is 0 Å². The molecule has 78 valence electrons. The van der Waals surface area contributed by atoms with Crippen LogP contribution in [0.4, 0.5) is 0 Å². The number of aromatic amines is 1. The lowest BCUT2D eigenvalue weighted by atomic mass is 10.1. The van der Waals surface area contributed by atoms with Crippen molar-refractivity contribution in [3.05, 3.63) is 18.2 Å². The first-order valence-electron chi connectivity index (χ1n) is 5.16. The van der Waals surface area contributed by atoms with E-state index >= 15 is 0 Å². The number of aromatic nitrogens is 2. The Morgan fingerprint density at radius 2 is 2.50 bits per heavy atom. The van der Waals surface area contributed by atoms with Crippen molar-refractivity contribution in [3.8, 4) is 0 Å². The molecule has 0 spiro atoms. The van der Waals surface area contributed by atoms with Gasteiger partial charge in [-0.3, -0.25) is 0 Å². The molecule has 1 aliphatic heterocycles. The topological polar surface area (TPSA) is 44.0 Å². The normalized spacial score (nSPS) is 28.4. The summed E-state index contributed by atoms with van der Waals surface area (Å²) < 4.78 is 0. The second-order valence-corrected chi connectivity index (χ2v) is 4.22. The molecule has 2 heterocycles. The van der Waals surface area contributed by atoms with Crippen LogP contribution in [0.15, 0.2) is 12.4 Å². The predicted molar refractivity (Wildman–Crippen MR) is 55.9 cm³/mol. The number of hydrogen-bond acceptors (Lipinski definition) is 3. The minimum absolute atomic E-state index is 0.602. The largest absolute Gasteiger partial charge is 0.348 e. The van der Waals surface area contributed by atoms with Gasteiger partial charge in [-0.1, -0.05) is 6.92 Å². The zero-order valence-corrected chi connectivity index (χ0v) is 8.83. The summed E-state index contributed by atoms with van der Waals surface area (Å²) in [7, 11) is 2.17. The molecule has 1 aromatic rings. The van der Waals surface area contributed by atoms with Crippen molar-refractivity contribution < 1.29 is 0 Å². The Morgan fingerprint density at radius 3 is 3.07 bits per heavy atom. The molecule has 4 nitrogen and oxygen atoms in total. The minimum Gasteiger partial charge on any atom is -0.348 e. The number of H-pyrrole nitrogens is 1. The third-order valence-corrected chi connectivity index (χ3v) is 2.88. The van der Waals surface area contributed by atoms with E-state index in [9.17, 15) is 0 Å². The van der Waals surface area contributed by atoms with Gasteiger partial charge in [-0.2, -0.15) is 0 Å². The number of imidazole rings is 1. The summed E-state index contributed by atoms with van der Waals surface area (Å²) in [6, 6.07) is 0.602. The molecule has 1 saturated heterocycles. The lowest BCUT2D eigenvalue weighted by molar-refractivity contribution is 0.395. The Balaban J connectivity index is 1.81. The van der Waals surface area contributed by atoms with Gasteiger partial charge in [0.2, 0.25) is 0 Å². The number of likely N-dealkylation sites (N-methyl/N-ethyl adjacent to an activating group) is 1. The van der Waals surface area contributed by atoms with Crippen LogP contribution in [-0.2, 0) is 6.54 Å². The van der Waals surface area contributed by atoms with Gasteiger partial charge in [0, 0.05) is 31.5 Å². The van der Waals surface area contributed by atoms with Crippen LogP contribution in [0.25, 0.3) is 0 Å². The molecule has 0 amide bonds. The Hall–Kier alpha value is -0.870. The third-order valence-electron chi connectivity index (χ3n) is 2.88. The van der Waals surface area contributed by atoms with E-state index in [1.165, 1.54) is 6.54 Å². The fourth-order valence-corrected chi connectivity index (χ4v) is 2.10. The molecule has 1 aromatic heterocycles. The molecule has 0 aliphatic carbocycles. The maximum atomic E-state index is 4.19. The van der Waals surface area contributed by atoms with Crippen molar-refractivity contribution >= 4 is 0 Å². The van der Waals surface area contributed by atoms with E-state index < -0.39 is 0 Å². The maximum absolute atomic E-state index is 4.19. The van der Waals surface area contributed by atoms with E-state index in [-0.39, 0.29) is 0 Å². The van der Waals surface area contributed by atoms with Crippen LogP contribution in [0.1, 0.15) is 12.7 Å². The molecule has 2 rings (SSSR count). The van der Waals surface area contributed by atoms with Gasteiger partial charge in [0.05, 0.1) is 6.54 Å². The Kier molecular flexibility index (Phi) is 2.84. The highest BCUT2D eigenvalue weighted by molar-refractivity contribution is 4.90. The van der Waals surface area contributed by atoms with Crippen molar-refractivity contribution in [1.29, 1.82) is 0 Å². The highest BCUT2D eigenvalue weighted by Gasteiger charge is 2.26. The van der Waals surface area contributed by atoms with E-state index in [1.807, 2.05) is 6.20 Å². The van der Waals surface area contributed by atoms with Crippen LogP contribution in [0.3, 0.4) is 0 Å². The SMILES string of the molecule is CC1CN(C)CC1NCc1ncc[nH]1. The van der Waals surface area contributed by atoms with Crippen molar-refractivity contribution in [2.45, 2.75) is 19.5 Å². The maximum Gasteiger partial charge on any atom is 0.120 e. The average Bonchev–Trinajstić information content (AvgIpc) is 2.72. The molecule has 0 saturated carbocycles. The standard InChI is InChI=1S/C10H18N4/c1-8-6-14(2)7-9(8)13-5-10-11-3-4-12-10/h3-4,8-9,13H,5-7H2,1-2H3,(H,11,12). The summed E-state index contributed by atoms with van der Waals surface area (Å²) in [6.07, 6.45) is 3.66. The molecule has 2 atom stereocenters. The van der Waals surface area contributed by atoms with E-state index in [0.717, 1.165) is 24.8 Å². The number of rotatable bonds is 3.